The Morgan fingerprint density at radius 3 is 1.81 bits per heavy atom. The van der Waals surface area contributed by atoms with Crippen molar-refractivity contribution in [1.82, 2.24) is 0 Å². The van der Waals surface area contributed by atoms with Crippen molar-refractivity contribution in [1.29, 1.82) is 0 Å². The molecule has 0 saturated carbocycles. The molecule has 5 heteroatoms. The van der Waals surface area contributed by atoms with Crippen molar-refractivity contribution in [3.05, 3.63) is 66.7 Å². The Labute approximate surface area is 190 Å². The Morgan fingerprint density at radius 1 is 0.710 bits per heavy atom. The van der Waals surface area contributed by atoms with Gasteiger partial charge in [0.25, 0.3) is 0 Å². The van der Waals surface area contributed by atoms with E-state index in [2.05, 4.69) is 18.2 Å². The maximum atomic E-state index is 5.91. The maximum absolute atomic E-state index is 5.91. The minimum absolute atomic E-state index is 0.308. The van der Waals surface area contributed by atoms with Crippen LogP contribution >= 0.6 is 12.6 Å². The van der Waals surface area contributed by atoms with Crippen molar-refractivity contribution in [2.75, 3.05) is 13.2 Å². The van der Waals surface area contributed by atoms with E-state index in [9.17, 15) is 0 Å². The number of rotatable bonds is 10. The number of hydrogen-bond acceptors (Lipinski definition) is 5. The summed E-state index contributed by atoms with van der Waals surface area (Å²) in [6, 6.07) is 22.1. The lowest BCUT2D eigenvalue weighted by Gasteiger charge is -2.18. The third-order valence-electron chi connectivity index (χ3n) is 4.72. The molecule has 0 amide bonds. The van der Waals surface area contributed by atoms with Crippen molar-refractivity contribution >= 4 is 12.6 Å². The van der Waals surface area contributed by atoms with Gasteiger partial charge in [0.15, 0.2) is 12.6 Å². The normalized spacial score (nSPS) is 12.9. The summed E-state index contributed by atoms with van der Waals surface area (Å²) >= 11 is 4.76. The molecule has 0 aliphatic rings. The second-order valence-electron chi connectivity index (χ2n) is 7.04. The highest BCUT2D eigenvalue weighted by atomic mass is 32.1. The lowest BCUT2D eigenvalue weighted by Crippen LogP contribution is -2.15. The Balaban J connectivity index is 1.97. The van der Waals surface area contributed by atoms with Gasteiger partial charge in [-0.3, -0.25) is 0 Å². The fourth-order valence-corrected chi connectivity index (χ4v) is 3.80. The molecule has 2 atom stereocenters. The fraction of sp³-hybridized carbons (Fsp3) is 0.308. The van der Waals surface area contributed by atoms with Crippen LogP contribution in [0.25, 0.3) is 22.3 Å². The molecule has 0 bridgehead atoms. The molecular weight excluding hydrogens is 408 g/mol. The summed E-state index contributed by atoms with van der Waals surface area (Å²) in [5, 5.41) is 0. The summed E-state index contributed by atoms with van der Waals surface area (Å²) in [6.07, 6.45) is -0.621. The average molecular weight is 439 g/mol. The quantitative estimate of drug-likeness (QED) is 0.278. The monoisotopic (exact) mass is 438 g/mol. The van der Waals surface area contributed by atoms with Crippen molar-refractivity contribution in [3.8, 4) is 33.8 Å². The lowest BCUT2D eigenvalue weighted by atomic mass is 9.94. The molecule has 31 heavy (non-hydrogen) atoms. The zero-order valence-corrected chi connectivity index (χ0v) is 19.4. The number of benzene rings is 3. The molecule has 0 radical (unpaired) electrons. The fourth-order valence-electron chi connectivity index (χ4n) is 3.47. The molecule has 0 saturated heterocycles. The van der Waals surface area contributed by atoms with Crippen LogP contribution in [0, 0.1) is 0 Å². The van der Waals surface area contributed by atoms with Crippen LogP contribution in [-0.2, 0) is 9.47 Å². The van der Waals surface area contributed by atoms with E-state index in [1.54, 1.807) is 0 Å². The van der Waals surface area contributed by atoms with Gasteiger partial charge in [-0.2, -0.15) is 0 Å². The van der Waals surface area contributed by atoms with Crippen LogP contribution < -0.4 is 9.47 Å². The van der Waals surface area contributed by atoms with Crippen molar-refractivity contribution in [2.45, 2.75) is 45.2 Å². The molecule has 3 rings (SSSR count). The molecule has 0 aliphatic carbocycles. The van der Waals surface area contributed by atoms with E-state index in [4.69, 9.17) is 31.6 Å². The molecule has 0 N–H and O–H groups in total. The summed E-state index contributed by atoms with van der Waals surface area (Å²) in [7, 11) is 0. The van der Waals surface area contributed by atoms with Crippen LogP contribution in [-0.4, -0.2) is 25.8 Å². The third-order valence-corrected chi connectivity index (χ3v) is 5.09. The van der Waals surface area contributed by atoms with Gasteiger partial charge in [0.05, 0.1) is 0 Å². The molecule has 0 aromatic heterocycles. The third kappa shape index (κ3) is 6.26. The van der Waals surface area contributed by atoms with Crippen molar-refractivity contribution in [3.63, 3.8) is 0 Å². The van der Waals surface area contributed by atoms with E-state index in [0.717, 1.165) is 38.6 Å². The van der Waals surface area contributed by atoms with E-state index in [1.165, 1.54) is 0 Å². The Hall–Kier alpha value is -2.47. The molecule has 0 heterocycles. The Bertz CT molecular complexity index is 989. The summed E-state index contributed by atoms with van der Waals surface area (Å²) in [6.45, 7) is 8.89. The first kappa shape index (κ1) is 23.2. The molecule has 4 nitrogen and oxygen atoms in total. The first-order valence-electron chi connectivity index (χ1n) is 10.6. The minimum atomic E-state index is -0.313. The number of thiol groups is 1. The van der Waals surface area contributed by atoms with E-state index in [0.29, 0.717) is 13.2 Å². The predicted molar refractivity (Wildman–Crippen MR) is 128 cm³/mol. The molecule has 0 fully saturated rings. The largest absolute Gasteiger partial charge is 0.465 e. The van der Waals surface area contributed by atoms with Crippen LogP contribution in [0.3, 0.4) is 0 Å². The van der Waals surface area contributed by atoms with Gasteiger partial charge < -0.3 is 18.9 Å². The molecule has 3 aromatic carbocycles. The SMILES string of the molecule is CCOC(C)Oc1cccc(-c2cccc(S)c2-c2cccc(OC(C)OCC)c2)c1. The number of hydrogen-bond donors (Lipinski definition) is 1. The Morgan fingerprint density at radius 2 is 1.23 bits per heavy atom. The van der Waals surface area contributed by atoms with Gasteiger partial charge in [0, 0.05) is 23.7 Å². The standard InChI is InChI=1S/C26H30O4S/c1-5-27-18(3)29-22-12-7-10-20(16-22)24-14-9-15-25(31)26(24)21-11-8-13-23(17-21)30-19(4)28-6-2/h7-19,31H,5-6H2,1-4H3. The molecule has 3 aromatic rings. The molecule has 2 unspecified atom stereocenters. The van der Waals surface area contributed by atoms with E-state index in [-0.39, 0.29) is 12.6 Å². The lowest BCUT2D eigenvalue weighted by molar-refractivity contribution is -0.0616. The highest BCUT2D eigenvalue weighted by molar-refractivity contribution is 7.80. The van der Waals surface area contributed by atoms with Gasteiger partial charge in [-0.05, 0) is 74.7 Å². The molecule has 0 aliphatic heterocycles. The second kappa shape index (κ2) is 11.2. The second-order valence-corrected chi connectivity index (χ2v) is 7.52. The number of ether oxygens (including phenoxy) is 4. The van der Waals surface area contributed by atoms with E-state index in [1.807, 2.05) is 76.2 Å². The van der Waals surface area contributed by atoms with Gasteiger partial charge in [-0.15, -0.1) is 12.6 Å². The van der Waals surface area contributed by atoms with Crippen LogP contribution in [0.2, 0.25) is 0 Å². The average Bonchev–Trinajstić information content (AvgIpc) is 2.74. The summed E-state index contributed by atoms with van der Waals surface area (Å²) in [5.41, 5.74) is 4.17. The highest BCUT2D eigenvalue weighted by Crippen LogP contribution is 2.39. The maximum Gasteiger partial charge on any atom is 0.196 e. The van der Waals surface area contributed by atoms with Crippen LogP contribution in [0.15, 0.2) is 71.6 Å². The van der Waals surface area contributed by atoms with E-state index >= 15 is 0 Å². The first-order valence-corrected chi connectivity index (χ1v) is 11.1. The molecule has 0 spiro atoms. The smallest absolute Gasteiger partial charge is 0.196 e. The molecule has 164 valence electrons. The molecular formula is C26H30O4S. The topological polar surface area (TPSA) is 36.9 Å². The Kier molecular flexibility index (Phi) is 8.41. The van der Waals surface area contributed by atoms with Gasteiger partial charge in [0.1, 0.15) is 11.5 Å². The van der Waals surface area contributed by atoms with Gasteiger partial charge in [-0.1, -0.05) is 36.4 Å². The zero-order chi connectivity index (χ0) is 22.2. The minimum Gasteiger partial charge on any atom is -0.465 e. The zero-order valence-electron chi connectivity index (χ0n) is 18.5. The van der Waals surface area contributed by atoms with Crippen LogP contribution in [0.5, 0.6) is 11.5 Å². The van der Waals surface area contributed by atoms with E-state index < -0.39 is 0 Å². The van der Waals surface area contributed by atoms with Crippen LogP contribution in [0.4, 0.5) is 0 Å². The van der Waals surface area contributed by atoms with Gasteiger partial charge in [-0.25, -0.2) is 0 Å². The van der Waals surface area contributed by atoms with Crippen LogP contribution in [0.1, 0.15) is 27.7 Å². The highest BCUT2D eigenvalue weighted by Gasteiger charge is 2.14. The van der Waals surface area contributed by atoms with Gasteiger partial charge in [0.2, 0.25) is 0 Å². The summed E-state index contributed by atoms with van der Waals surface area (Å²) in [4.78, 5) is 0.890. The summed E-state index contributed by atoms with van der Waals surface area (Å²) in [5.74, 6) is 1.51. The van der Waals surface area contributed by atoms with Crippen molar-refractivity contribution in [2.24, 2.45) is 0 Å². The summed E-state index contributed by atoms with van der Waals surface area (Å²) < 4.78 is 22.8. The van der Waals surface area contributed by atoms with Gasteiger partial charge >= 0.3 is 0 Å². The predicted octanol–water partition coefficient (Wildman–Crippen LogP) is 6.83. The first-order chi connectivity index (χ1) is 15.0. The van der Waals surface area contributed by atoms with Crippen molar-refractivity contribution < 1.29 is 18.9 Å².